The number of hydrogen-bond donors (Lipinski definition) is 2. The fourth-order valence-corrected chi connectivity index (χ4v) is 1.76. The first-order valence-corrected chi connectivity index (χ1v) is 5.87. The zero-order chi connectivity index (χ0) is 12.8. The second-order valence-electron chi connectivity index (χ2n) is 4.05. The van der Waals surface area contributed by atoms with Gasteiger partial charge in [0.1, 0.15) is 0 Å². The molecule has 0 aliphatic heterocycles. The molecule has 0 atom stereocenters. The van der Waals surface area contributed by atoms with Crippen LogP contribution in [0.5, 0.6) is 0 Å². The van der Waals surface area contributed by atoms with Crippen LogP contribution < -0.4 is 5.32 Å². The maximum Gasteiger partial charge on any atom is 0.335 e. The number of aromatic carboxylic acids is 1. The monoisotopic (exact) mass is 241 g/mol. The van der Waals surface area contributed by atoms with Gasteiger partial charge in [-0.3, -0.25) is 0 Å². The molecular formula is C15H15NO2. The molecule has 0 radical (unpaired) electrons. The van der Waals surface area contributed by atoms with Crippen molar-refractivity contribution in [2.75, 3.05) is 11.9 Å². The van der Waals surface area contributed by atoms with Crippen LogP contribution >= 0.6 is 0 Å². The number of hydrogen-bond acceptors (Lipinski definition) is 2. The van der Waals surface area contributed by atoms with E-state index in [0.29, 0.717) is 5.56 Å². The zero-order valence-electron chi connectivity index (χ0n) is 9.97. The van der Waals surface area contributed by atoms with Crippen molar-refractivity contribution >= 4 is 11.7 Å². The Morgan fingerprint density at radius 2 is 1.83 bits per heavy atom. The zero-order valence-corrected chi connectivity index (χ0v) is 9.97. The average molecular weight is 241 g/mol. The summed E-state index contributed by atoms with van der Waals surface area (Å²) in [4.78, 5) is 10.8. The second-order valence-corrected chi connectivity index (χ2v) is 4.05. The molecule has 2 aromatic carbocycles. The minimum atomic E-state index is -0.901. The molecule has 0 unspecified atom stereocenters. The third kappa shape index (κ3) is 3.35. The molecule has 0 fully saturated rings. The van der Waals surface area contributed by atoms with Gasteiger partial charge in [-0.1, -0.05) is 36.4 Å². The average Bonchev–Trinajstić information content (AvgIpc) is 2.40. The number of benzene rings is 2. The summed E-state index contributed by atoms with van der Waals surface area (Å²) in [5.74, 6) is -0.901. The normalized spacial score (nSPS) is 10.0. The van der Waals surface area contributed by atoms with Crippen molar-refractivity contribution in [3.63, 3.8) is 0 Å². The molecule has 2 rings (SSSR count). The van der Waals surface area contributed by atoms with Crippen LogP contribution in [0, 0.1) is 0 Å². The SMILES string of the molecule is O=C(O)c1cccc(NCCc2ccccc2)c1. The smallest absolute Gasteiger partial charge is 0.335 e. The summed E-state index contributed by atoms with van der Waals surface area (Å²) in [6.07, 6.45) is 0.915. The van der Waals surface area contributed by atoms with Gasteiger partial charge in [-0.2, -0.15) is 0 Å². The van der Waals surface area contributed by atoms with Crippen LogP contribution in [0.4, 0.5) is 5.69 Å². The van der Waals surface area contributed by atoms with Crippen molar-refractivity contribution in [3.05, 3.63) is 65.7 Å². The molecule has 2 aromatic rings. The Balaban J connectivity index is 1.90. The second kappa shape index (κ2) is 5.87. The van der Waals surface area contributed by atoms with Gasteiger partial charge in [-0.05, 0) is 30.2 Å². The van der Waals surface area contributed by atoms with Crippen molar-refractivity contribution in [1.29, 1.82) is 0 Å². The lowest BCUT2D eigenvalue weighted by Crippen LogP contribution is -2.05. The summed E-state index contributed by atoms with van der Waals surface area (Å²) in [7, 11) is 0. The highest BCUT2D eigenvalue weighted by Gasteiger charge is 2.02. The number of rotatable bonds is 5. The molecule has 2 N–H and O–H groups in total. The summed E-state index contributed by atoms with van der Waals surface area (Å²) in [6.45, 7) is 0.785. The molecule has 0 heterocycles. The highest BCUT2D eigenvalue weighted by Crippen LogP contribution is 2.10. The van der Waals surface area contributed by atoms with Crippen molar-refractivity contribution in [3.8, 4) is 0 Å². The molecule has 0 saturated heterocycles. The highest BCUT2D eigenvalue weighted by molar-refractivity contribution is 5.88. The van der Waals surface area contributed by atoms with E-state index in [-0.39, 0.29) is 0 Å². The third-order valence-corrected chi connectivity index (χ3v) is 2.70. The highest BCUT2D eigenvalue weighted by atomic mass is 16.4. The minimum absolute atomic E-state index is 0.305. The van der Waals surface area contributed by atoms with E-state index in [1.807, 2.05) is 24.3 Å². The molecule has 0 aliphatic carbocycles. The Morgan fingerprint density at radius 3 is 2.56 bits per heavy atom. The lowest BCUT2D eigenvalue weighted by atomic mass is 10.1. The van der Waals surface area contributed by atoms with Crippen molar-refractivity contribution in [1.82, 2.24) is 0 Å². The lowest BCUT2D eigenvalue weighted by Gasteiger charge is -2.07. The van der Waals surface area contributed by atoms with Crippen LogP contribution in [-0.4, -0.2) is 17.6 Å². The Hall–Kier alpha value is -2.29. The molecule has 18 heavy (non-hydrogen) atoms. The van der Waals surface area contributed by atoms with Gasteiger partial charge >= 0.3 is 5.97 Å². The van der Waals surface area contributed by atoms with E-state index in [1.54, 1.807) is 18.2 Å². The Kier molecular flexibility index (Phi) is 3.97. The molecule has 0 saturated carbocycles. The van der Waals surface area contributed by atoms with Gasteiger partial charge in [0.05, 0.1) is 5.56 Å². The van der Waals surface area contributed by atoms with Crippen LogP contribution in [0.15, 0.2) is 54.6 Å². The third-order valence-electron chi connectivity index (χ3n) is 2.70. The van der Waals surface area contributed by atoms with Gasteiger partial charge in [0, 0.05) is 12.2 Å². The topological polar surface area (TPSA) is 49.3 Å². The van der Waals surface area contributed by atoms with Crippen molar-refractivity contribution in [2.45, 2.75) is 6.42 Å². The number of carboxylic acids is 1. The number of anilines is 1. The summed E-state index contributed by atoms with van der Waals surface area (Å²) >= 11 is 0. The van der Waals surface area contributed by atoms with Gasteiger partial charge in [0.2, 0.25) is 0 Å². The van der Waals surface area contributed by atoms with E-state index < -0.39 is 5.97 Å². The number of nitrogens with one attached hydrogen (secondary N) is 1. The first-order chi connectivity index (χ1) is 8.75. The van der Waals surface area contributed by atoms with E-state index in [2.05, 4.69) is 17.4 Å². The lowest BCUT2D eigenvalue weighted by molar-refractivity contribution is 0.0697. The largest absolute Gasteiger partial charge is 0.478 e. The Morgan fingerprint density at radius 1 is 1.06 bits per heavy atom. The first kappa shape index (κ1) is 12.2. The van der Waals surface area contributed by atoms with E-state index >= 15 is 0 Å². The summed E-state index contributed by atoms with van der Waals surface area (Å²) in [5.41, 5.74) is 2.41. The van der Waals surface area contributed by atoms with Crippen LogP contribution in [0.1, 0.15) is 15.9 Å². The minimum Gasteiger partial charge on any atom is -0.478 e. The van der Waals surface area contributed by atoms with Gasteiger partial charge in [-0.15, -0.1) is 0 Å². The van der Waals surface area contributed by atoms with Crippen LogP contribution in [0.2, 0.25) is 0 Å². The first-order valence-electron chi connectivity index (χ1n) is 5.87. The van der Waals surface area contributed by atoms with E-state index in [9.17, 15) is 4.79 Å². The standard InChI is InChI=1S/C15H15NO2/c17-15(18)13-7-4-8-14(11-13)16-10-9-12-5-2-1-3-6-12/h1-8,11,16H,9-10H2,(H,17,18). The van der Waals surface area contributed by atoms with Crippen LogP contribution in [0.25, 0.3) is 0 Å². The fourth-order valence-electron chi connectivity index (χ4n) is 1.76. The molecular weight excluding hydrogens is 226 g/mol. The molecule has 3 nitrogen and oxygen atoms in total. The van der Waals surface area contributed by atoms with Gasteiger partial charge in [-0.25, -0.2) is 4.79 Å². The van der Waals surface area contributed by atoms with E-state index in [0.717, 1.165) is 18.7 Å². The Bertz CT molecular complexity index is 523. The molecule has 0 bridgehead atoms. The molecule has 0 aliphatic rings. The van der Waals surface area contributed by atoms with Gasteiger partial charge in [0.15, 0.2) is 0 Å². The van der Waals surface area contributed by atoms with Crippen molar-refractivity contribution in [2.24, 2.45) is 0 Å². The fraction of sp³-hybridized carbons (Fsp3) is 0.133. The van der Waals surface area contributed by atoms with E-state index in [4.69, 9.17) is 5.11 Å². The number of carboxylic acid groups (broad SMARTS) is 1. The van der Waals surface area contributed by atoms with Crippen molar-refractivity contribution < 1.29 is 9.90 Å². The molecule has 0 spiro atoms. The van der Waals surface area contributed by atoms with Gasteiger partial charge < -0.3 is 10.4 Å². The maximum absolute atomic E-state index is 10.8. The quantitative estimate of drug-likeness (QED) is 0.845. The molecule has 92 valence electrons. The predicted octanol–water partition coefficient (Wildman–Crippen LogP) is 3.04. The van der Waals surface area contributed by atoms with E-state index in [1.165, 1.54) is 5.56 Å². The van der Waals surface area contributed by atoms with Crippen LogP contribution in [-0.2, 0) is 6.42 Å². The molecule has 3 heteroatoms. The summed E-state index contributed by atoms with van der Waals surface area (Å²) in [5, 5.41) is 12.1. The molecule has 0 amide bonds. The Labute approximate surface area is 106 Å². The summed E-state index contributed by atoms with van der Waals surface area (Å²) < 4.78 is 0. The number of carbonyl (C=O) groups is 1. The summed E-state index contributed by atoms with van der Waals surface area (Å²) in [6, 6.07) is 17.0. The van der Waals surface area contributed by atoms with Gasteiger partial charge in [0.25, 0.3) is 0 Å². The predicted molar refractivity (Wildman–Crippen MR) is 72.0 cm³/mol. The molecule has 0 aromatic heterocycles. The van der Waals surface area contributed by atoms with Crippen LogP contribution in [0.3, 0.4) is 0 Å². The maximum atomic E-state index is 10.8.